The Balaban J connectivity index is 1.61. The van der Waals surface area contributed by atoms with E-state index < -0.39 is 0 Å². The summed E-state index contributed by atoms with van der Waals surface area (Å²) < 4.78 is 6.57. The predicted octanol–water partition coefficient (Wildman–Crippen LogP) is 6.30. The van der Waals surface area contributed by atoms with Crippen molar-refractivity contribution in [3.8, 4) is 5.75 Å². The zero-order valence-corrected chi connectivity index (χ0v) is 21.2. The minimum absolute atomic E-state index is 0.0555. The van der Waals surface area contributed by atoms with Crippen molar-refractivity contribution in [2.75, 3.05) is 26.7 Å². The van der Waals surface area contributed by atoms with Crippen LogP contribution in [0.15, 0.2) is 63.7 Å². The number of piperidine rings is 1. The van der Waals surface area contributed by atoms with Crippen molar-refractivity contribution >= 4 is 27.7 Å². The monoisotopic (exact) mass is 495 g/mol. The molecule has 1 saturated heterocycles. The van der Waals surface area contributed by atoms with Crippen LogP contribution < -0.4 is 10.1 Å². The van der Waals surface area contributed by atoms with E-state index in [-0.39, 0.29) is 6.17 Å². The van der Waals surface area contributed by atoms with Gasteiger partial charge >= 0.3 is 0 Å². The van der Waals surface area contributed by atoms with E-state index in [1.165, 1.54) is 16.8 Å². The van der Waals surface area contributed by atoms with Crippen LogP contribution in [-0.2, 0) is 0 Å². The molecule has 0 bridgehead atoms. The van der Waals surface area contributed by atoms with Crippen molar-refractivity contribution in [1.29, 1.82) is 0 Å². The molecule has 2 aliphatic heterocycles. The Morgan fingerprint density at radius 3 is 2.47 bits per heavy atom. The number of hydrogen-bond donors (Lipinski definition) is 1. The van der Waals surface area contributed by atoms with E-state index in [1.807, 2.05) is 6.07 Å². The maximum Gasteiger partial charge on any atom is 0.144 e. The Labute approximate surface area is 200 Å². The summed E-state index contributed by atoms with van der Waals surface area (Å²) in [6.45, 7) is 10.4. The minimum atomic E-state index is -0.0555. The van der Waals surface area contributed by atoms with Crippen molar-refractivity contribution in [1.82, 2.24) is 10.2 Å². The zero-order valence-electron chi connectivity index (χ0n) is 19.6. The van der Waals surface area contributed by atoms with Gasteiger partial charge in [-0.2, -0.15) is 0 Å². The number of allylic oxidation sites excluding steroid dienone is 2. The number of likely N-dealkylation sites (tertiary alicyclic amines) is 1. The van der Waals surface area contributed by atoms with Crippen LogP contribution in [-0.4, -0.2) is 37.9 Å². The second-order valence-corrected chi connectivity index (χ2v) is 11.0. The van der Waals surface area contributed by atoms with Crippen LogP contribution in [0, 0.1) is 11.3 Å². The van der Waals surface area contributed by atoms with Crippen LogP contribution in [0.5, 0.6) is 5.75 Å². The third-order valence-electron chi connectivity index (χ3n) is 6.20. The summed E-state index contributed by atoms with van der Waals surface area (Å²) in [5.41, 5.74) is 5.17. The number of rotatable bonds is 5. The zero-order chi connectivity index (χ0) is 22.7. The van der Waals surface area contributed by atoms with Crippen molar-refractivity contribution in [2.24, 2.45) is 16.3 Å². The molecular formula is C27H34BrN3O. The first-order chi connectivity index (χ1) is 15.3. The molecule has 2 aliphatic rings. The van der Waals surface area contributed by atoms with E-state index in [0.717, 1.165) is 48.3 Å². The minimum Gasteiger partial charge on any atom is -0.497 e. The van der Waals surface area contributed by atoms with Gasteiger partial charge in [-0.25, -0.2) is 0 Å². The molecule has 2 aromatic carbocycles. The first-order valence-corrected chi connectivity index (χ1v) is 12.3. The standard InChI is InChI=1S/C27H34BrN3O/c1-27(2,3)18-31-14-12-19(13-15-31)25-24(21-6-5-7-23(16-21)32-4)17-29-26(30-25)20-8-10-22(28)11-9-20/h5-11,16-17,19,26,30H,12-15,18H2,1-4H3. The lowest BCUT2D eigenvalue weighted by Gasteiger charge is -2.38. The number of halogens is 1. The maximum atomic E-state index is 5.49. The molecule has 0 amide bonds. The Morgan fingerprint density at radius 2 is 1.81 bits per heavy atom. The highest BCUT2D eigenvalue weighted by atomic mass is 79.9. The van der Waals surface area contributed by atoms with Gasteiger partial charge in [0.05, 0.1) is 7.11 Å². The number of benzene rings is 2. The number of methoxy groups -OCH3 is 1. The number of nitrogens with zero attached hydrogens (tertiary/aromatic N) is 2. The van der Waals surface area contributed by atoms with Gasteiger partial charge < -0.3 is 15.0 Å². The summed E-state index contributed by atoms with van der Waals surface area (Å²) in [6, 6.07) is 16.7. The molecule has 1 unspecified atom stereocenters. The topological polar surface area (TPSA) is 36.9 Å². The number of nitrogens with one attached hydrogen (secondary N) is 1. The molecule has 0 radical (unpaired) electrons. The molecule has 0 saturated carbocycles. The Kier molecular flexibility index (Phi) is 7.06. The largest absolute Gasteiger partial charge is 0.497 e. The van der Waals surface area contributed by atoms with E-state index in [2.05, 4.69) is 95.6 Å². The Hall–Kier alpha value is -2.11. The van der Waals surface area contributed by atoms with Crippen LogP contribution in [0.4, 0.5) is 0 Å². The average molecular weight is 496 g/mol. The van der Waals surface area contributed by atoms with E-state index in [1.54, 1.807) is 7.11 Å². The molecule has 32 heavy (non-hydrogen) atoms. The van der Waals surface area contributed by atoms with E-state index in [9.17, 15) is 0 Å². The summed E-state index contributed by atoms with van der Waals surface area (Å²) in [5.74, 6) is 1.37. The van der Waals surface area contributed by atoms with Crippen LogP contribution in [0.3, 0.4) is 0 Å². The highest BCUT2D eigenvalue weighted by Crippen LogP contribution is 2.35. The van der Waals surface area contributed by atoms with Crippen molar-refractivity contribution in [2.45, 2.75) is 39.8 Å². The molecule has 0 spiro atoms. The molecule has 1 fully saturated rings. The van der Waals surface area contributed by atoms with Gasteiger partial charge in [-0.1, -0.05) is 61.0 Å². The number of hydrogen-bond acceptors (Lipinski definition) is 4. The van der Waals surface area contributed by atoms with Gasteiger partial charge in [0.1, 0.15) is 11.9 Å². The second kappa shape index (κ2) is 9.80. The lowest BCUT2D eigenvalue weighted by atomic mass is 9.86. The summed E-state index contributed by atoms with van der Waals surface area (Å²) in [4.78, 5) is 7.51. The fourth-order valence-corrected chi connectivity index (χ4v) is 4.97. The quantitative estimate of drug-likeness (QED) is 0.528. The molecule has 0 aromatic heterocycles. The summed E-state index contributed by atoms with van der Waals surface area (Å²) in [7, 11) is 1.72. The van der Waals surface area contributed by atoms with Crippen molar-refractivity contribution in [3.05, 3.63) is 69.8 Å². The molecule has 1 N–H and O–H groups in total. The molecule has 5 heteroatoms. The van der Waals surface area contributed by atoms with Crippen LogP contribution in [0.25, 0.3) is 5.57 Å². The molecule has 2 heterocycles. The highest BCUT2D eigenvalue weighted by molar-refractivity contribution is 9.10. The first-order valence-electron chi connectivity index (χ1n) is 11.5. The SMILES string of the molecule is COc1cccc(C2=C(C3CCN(CC(C)(C)C)CC3)NC(c3ccc(Br)cc3)N=C2)c1. The number of aliphatic imine (C=N–C) groups is 1. The third kappa shape index (κ3) is 5.62. The molecule has 4 nitrogen and oxygen atoms in total. The van der Waals surface area contributed by atoms with Gasteiger partial charge in [-0.3, -0.25) is 4.99 Å². The van der Waals surface area contributed by atoms with E-state index in [4.69, 9.17) is 9.73 Å². The molecule has 170 valence electrons. The van der Waals surface area contributed by atoms with Crippen LogP contribution in [0.2, 0.25) is 0 Å². The van der Waals surface area contributed by atoms with Gasteiger partial charge in [0, 0.05) is 34.4 Å². The van der Waals surface area contributed by atoms with Gasteiger partial charge in [-0.05, 0) is 66.7 Å². The second-order valence-electron chi connectivity index (χ2n) is 10.0. The first kappa shape index (κ1) is 23.1. The lowest BCUT2D eigenvalue weighted by molar-refractivity contribution is 0.143. The van der Waals surface area contributed by atoms with Gasteiger partial charge in [0.2, 0.25) is 0 Å². The van der Waals surface area contributed by atoms with Gasteiger partial charge in [-0.15, -0.1) is 0 Å². The molecule has 1 atom stereocenters. The summed E-state index contributed by atoms with van der Waals surface area (Å²) in [6.07, 6.45) is 4.33. The normalized spacial score (nSPS) is 20.3. The molecule has 0 aliphatic carbocycles. The molecular weight excluding hydrogens is 462 g/mol. The Morgan fingerprint density at radius 1 is 1.09 bits per heavy atom. The van der Waals surface area contributed by atoms with E-state index in [0.29, 0.717) is 11.3 Å². The van der Waals surface area contributed by atoms with Gasteiger partial charge in [0.25, 0.3) is 0 Å². The predicted molar refractivity (Wildman–Crippen MR) is 137 cm³/mol. The fourth-order valence-electron chi connectivity index (χ4n) is 4.70. The fraction of sp³-hybridized carbons (Fsp3) is 0.444. The highest BCUT2D eigenvalue weighted by Gasteiger charge is 2.29. The summed E-state index contributed by atoms with van der Waals surface area (Å²) in [5, 5.41) is 3.82. The Bertz CT molecular complexity index is 983. The average Bonchev–Trinajstić information content (AvgIpc) is 2.79. The van der Waals surface area contributed by atoms with Crippen molar-refractivity contribution < 1.29 is 4.74 Å². The smallest absolute Gasteiger partial charge is 0.144 e. The van der Waals surface area contributed by atoms with E-state index >= 15 is 0 Å². The lowest BCUT2D eigenvalue weighted by Crippen LogP contribution is -2.41. The van der Waals surface area contributed by atoms with Crippen molar-refractivity contribution in [3.63, 3.8) is 0 Å². The van der Waals surface area contributed by atoms with Gasteiger partial charge in [0.15, 0.2) is 0 Å². The maximum absolute atomic E-state index is 5.49. The molecule has 4 rings (SSSR count). The van der Waals surface area contributed by atoms with Crippen LogP contribution in [0.1, 0.15) is 50.9 Å². The number of ether oxygens (including phenoxy) is 1. The third-order valence-corrected chi connectivity index (χ3v) is 6.72. The van der Waals surface area contributed by atoms with Crippen LogP contribution >= 0.6 is 15.9 Å². The summed E-state index contributed by atoms with van der Waals surface area (Å²) >= 11 is 3.54. The molecule has 2 aromatic rings.